The lowest BCUT2D eigenvalue weighted by Gasteiger charge is -2.33. The second kappa shape index (κ2) is 5.28. The van der Waals surface area contributed by atoms with E-state index in [0.29, 0.717) is 10.8 Å². The molecule has 0 radical (unpaired) electrons. The quantitative estimate of drug-likeness (QED) is 0.896. The van der Waals surface area contributed by atoms with E-state index in [2.05, 4.69) is 4.90 Å². The average molecular weight is 268 g/mol. The highest BCUT2D eigenvalue weighted by atomic mass is 32.2. The van der Waals surface area contributed by atoms with Gasteiger partial charge in [0, 0.05) is 25.0 Å². The summed E-state index contributed by atoms with van der Waals surface area (Å²) in [6.07, 6.45) is 3.46. The third kappa shape index (κ3) is 3.03. The van der Waals surface area contributed by atoms with Crippen LogP contribution in [0.4, 0.5) is 5.69 Å². The van der Waals surface area contributed by atoms with E-state index >= 15 is 0 Å². The number of anilines is 1. The lowest BCUT2D eigenvalue weighted by atomic mass is 9.97. The summed E-state index contributed by atoms with van der Waals surface area (Å²) in [7, 11) is -3.10. The van der Waals surface area contributed by atoms with Crippen LogP contribution in [-0.4, -0.2) is 34.3 Å². The van der Waals surface area contributed by atoms with Crippen LogP contribution < -0.4 is 10.6 Å². The van der Waals surface area contributed by atoms with Crippen molar-refractivity contribution in [2.24, 2.45) is 11.7 Å². The van der Waals surface area contributed by atoms with E-state index in [-0.39, 0.29) is 0 Å². The van der Waals surface area contributed by atoms with Crippen molar-refractivity contribution in [3.8, 4) is 0 Å². The zero-order valence-electron chi connectivity index (χ0n) is 10.7. The van der Waals surface area contributed by atoms with Crippen molar-refractivity contribution >= 4 is 15.5 Å². The van der Waals surface area contributed by atoms with Crippen LogP contribution in [0.5, 0.6) is 0 Å². The van der Waals surface area contributed by atoms with Gasteiger partial charge in [-0.3, -0.25) is 0 Å². The van der Waals surface area contributed by atoms with Crippen molar-refractivity contribution in [1.82, 2.24) is 0 Å². The molecule has 2 N–H and O–H groups in total. The van der Waals surface area contributed by atoms with Crippen molar-refractivity contribution in [2.45, 2.75) is 17.7 Å². The molecule has 1 aromatic rings. The lowest BCUT2D eigenvalue weighted by Crippen LogP contribution is -2.36. The predicted octanol–water partition coefficient (Wildman–Crippen LogP) is 1.27. The first kappa shape index (κ1) is 13.4. The van der Waals surface area contributed by atoms with Gasteiger partial charge < -0.3 is 10.6 Å². The molecule has 5 heteroatoms. The maximum absolute atomic E-state index is 11.4. The molecule has 0 aliphatic carbocycles. The summed E-state index contributed by atoms with van der Waals surface area (Å²) in [6.45, 7) is 2.76. The van der Waals surface area contributed by atoms with Gasteiger partial charge in [0.2, 0.25) is 0 Å². The zero-order valence-corrected chi connectivity index (χ0v) is 11.5. The van der Waals surface area contributed by atoms with Crippen LogP contribution >= 0.6 is 0 Å². The number of hydrogen-bond acceptors (Lipinski definition) is 4. The molecular weight excluding hydrogens is 248 g/mol. The highest BCUT2D eigenvalue weighted by Gasteiger charge is 2.18. The van der Waals surface area contributed by atoms with E-state index in [4.69, 9.17) is 5.73 Å². The SMILES string of the molecule is CS(=O)(=O)c1ccc(N2CCC(CN)CC2)cc1. The van der Waals surface area contributed by atoms with Crippen LogP contribution in [0.1, 0.15) is 12.8 Å². The van der Waals surface area contributed by atoms with Gasteiger partial charge in [-0.1, -0.05) is 0 Å². The maximum atomic E-state index is 11.4. The third-order valence-electron chi connectivity index (χ3n) is 3.58. The van der Waals surface area contributed by atoms with Crippen LogP contribution in [0, 0.1) is 5.92 Å². The number of piperidine rings is 1. The van der Waals surface area contributed by atoms with Crippen LogP contribution in [0.2, 0.25) is 0 Å². The van der Waals surface area contributed by atoms with Gasteiger partial charge in [-0.25, -0.2) is 8.42 Å². The molecule has 0 aromatic heterocycles. The van der Waals surface area contributed by atoms with Crippen molar-refractivity contribution in [1.29, 1.82) is 0 Å². The van der Waals surface area contributed by atoms with Gasteiger partial charge in [0.1, 0.15) is 0 Å². The van der Waals surface area contributed by atoms with Gasteiger partial charge in [-0.2, -0.15) is 0 Å². The third-order valence-corrected chi connectivity index (χ3v) is 4.71. The summed E-state index contributed by atoms with van der Waals surface area (Å²) in [5.74, 6) is 0.636. The molecular formula is C13H20N2O2S. The predicted molar refractivity (Wildman–Crippen MR) is 73.5 cm³/mol. The first-order valence-corrected chi connectivity index (χ1v) is 8.15. The Labute approximate surface area is 109 Å². The fourth-order valence-electron chi connectivity index (χ4n) is 2.33. The first-order chi connectivity index (χ1) is 8.50. The Hall–Kier alpha value is -1.07. The molecule has 0 unspecified atom stereocenters. The van der Waals surface area contributed by atoms with E-state index in [1.54, 1.807) is 12.1 Å². The van der Waals surface area contributed by atoms with E-state index in [9.17, 15) is 8.42 Å². The largest absolute Gasteiger partial charge is 0.372 e. The molecule has 0 atom stereocenters. The number of nitrogens with zero attached hydrogens (tertiary/aromatic N) is 1. The molecule has 0 bridgehead atoms. The Morgan fingerprint density at radius 1 is 1.22 bits per heavy atom. The molecule has 2 rings (SSSR count). The normalized spacial score (nSPS) is 18.0. The van der Waals surface area contributed by atoms with Crippen LogP contribution in [0.15, 0.2) is 29.2 Å². The lowest BCUT2D eigenvalue weighted by molar-refractivity contribution is 0.414. The summed E-state index contributed by atoms with van der Waals surface area (Å²) in [4.78, 5) is 2.67. The fourth-order valence-corrected chi connectivity index (χ4v) is 2.96. The Morgan fingerprint density at radius 2 is 1.78 bits per heavy atom. The van der Waals surface area contributed by atoms with Crippen molar-refractivity contribution in [3.05, 3.63) is 24.3 Å². The average Bonchev–Trinajstić information content (AvgIpc) is 2.38. The van der Waals surface area contributed by atoms with E-state index in [1.807, 2.05) is 12.1 Å². The maximum Gasteiger partial charge on any atom is 0.175 e. The summed E-state index contributed by atoms with van der Waals surface area (Å²) in [5, 5.41) is 0. The molecule has 1 aliphatic rings. The second-order valence-corrected chi connectivity index (χ2v) is 6.95. The molecule has 18 heavy (non-hydrogen) atoms. The Morgan fingerprint density at radius 3 is 2.22 bits per heavy atom. The van der Waals surface area contributed by atoms with Crippen molar-refractivity contribution in [3.63, 3.8) is 0 Å². The summed E-state index contributed by atoms with van der Waals surface area (Å²) >= 11 is 0. The van der Waals surface area contributed by atoms with Gasteiger partial charge in [0.05, 0.1) is 4.90 Å². The minimum absolute atomic E-state index is 0.378. The number of benzene rings is 1. The highest BCUT2D eigenvalue weighted by molar-refractivity contribution is 7.90. The molecule has 0 saturated carbocycles. The standard InChI is InChI=1S/C13H20N2O2S/c1-18(16,17)13-4-2-12(3-5-13)15-8-6-11(10-14)7-9-15/h2-5,11H,6-10,14H2,1H3. The van der Waals surface area contributed by atoms with E-state index in [1.165, 1.54) is 6.26 Å². The van der Waals surface area contributed by atoms with Gasteiger partial charge >= 0.3 is 0 Å². The molecule has 1 fully saturated rings. The second-order valence-electron chi connectivity index (χ2n) is 4.93. The molecule has 1 aliphatic heterocycles. The Balaban J connectivity index is 2.07. The minimum Gasteiger partial charge on any atom is -0.372 e. The minimum atomic E-state index is -3.10. The van der Waals surface area contributed by atoms with Gasteiger partial charge in [-0.15, -0.1) is 0 Å². The molecule has 1 heterocycles. The monoisotopic (exact) mass is 268 g/mol. The number of hydrogen-bond donors (Lipinski definition) is 1. The van der Waals surface area contributed by atoms with E-state index in [0.717, 1.165) is 38.2 Å². The molecule has 0 spiro atoms. The van der Waals surface area contributed by atoms with Crippen LogP contribution in [-0.2, 0) is 9.84 Å². The first-order valence-electron chi connectivity index (χ1n) is 6.26. The van der Waals surface area contributed by atoms with Gasteiger partial charge in [0.25, 0.3) is 0 Å². The number of rotatable bonds is 3. The van der Waals surface area contributed by atoms with Crippen LogP contribution in [0.25, 0.3) is 0 Å². The van der Waals surface area contributed by atoms with E-state index < -0.39 is 9.84 Å². The molecule has 0 amide bonds. The number of sulfone groups is 1. The molecule has 1 saturated heterocycles. The van der Waals surface area contributed by atoms with Gasteiger partial charge in [0.15, 0.2) is 9.84 Å². The molecule has 4 nitrogen and oxygen atoms in total. The zero-order chi connectivity index (χ0) is 13.2. The Bertz CT molecular complexity index is 488. The number of nitrogens with two attached hydrogens (primary N) is 1. The topological polar surface area (TPSA) is 63.4 Å². The van der Waals surface area contributed by atoms with Crippen molar-refractivity contribution in [2.75, 3.05) is 30.8 Å². The fraction of sp³-hybridized carbons (Fsp3) is 0.538. The molecule has 1 aromatic carbocycles. The molecule has 100 valence electrons. The highest BCUT2D eigenvalue weighted by Crippen LogP contribution is 2.23. The van der Waals surface area contributed by atoms with Crippen LogP contribution in [0.3, 0.4) is 0 Å². The van der Waals surface area contributed by atoms with Gasteiger partial charge in [-0.05, 0) is 49.6 Å². The summed E-state index contributed by atoms with van der Waals surface area (Å²) in [5.41, 5.74) is 6.77. The Kier molecular flexibility index (Phi) is 3.92. The smallest absolute Gasteiger partial charge is 0.175 e. The summed E-state index contributed by atoms with van der Waals surface area (Å²) in [6, 6.07) is 7.14. The summed E-state index contributed by atoms with van der Waals surface area (Å²) < 4.78 is 22.7. The van der Waals surface area contributed by atoms with Crippen molar-refractivity contribution < 1.29 is 8.42 Å².